The second-order valence-corrected chi connectivity index (χ2v) is 5.42. The Hall–Kier alpha value is -1.41. The summed E-state index contributed by atoms with van der Waals surface area (Å²) >= 11 is 3.51. The number of Topliss-reactive ketones (excluding diaryl/α,β-unsaturated/α-hetero) is 1. The van der Waals surface area contributed by atoms with E-state index >= 15 is 0 Å². The quantitative estimate of drug-likeness (QED) is 0.763. The lowest BCUT2D eigenvalue weighted by Crippen LogP contribution is -2.04. The van der Waals surface area contributed by atoms with Gasteiger partial charge in [0.15, 0.2) is 5.78 Å². The number of carbonyl (C=O) groups excluding carboxylic acids is 1. The summed E-state index contributed by atoms with van der Waals surface area (Å²) in [5.41, 5.74) is 4.16. The van der Waals surface area contributed by atoms with E-state index in [0.29, 0.717) is 6.42 Å². The molecule has 0 amide bonds. The summed E-state index contributed by atoms with van der Waals surface area (Å²) in [4.78, 5) is 12.1. The molecule has 0 aliphatic rings. The van der Waals surface area contributed by atoms with E-state index in [1.165, 1.54) is 11.1 Å². The Morgan fingerprint density at radius 2 is 1.61 bits per heavy atom. The molecule has 0 saturated heterocycles. The van der Waals surface area contributed by atoms with Gasteiger partial charge >= 0.3 is 0 Å². The van der Waals surface area contributed by atoms with Gasteiger partial charge in [0, 0.05) is 16.5 Å². The molecule has 0 atom stereocenters. The molecule has 2 rings (SSSR count). The first kappa shape index (κ1) is 13.0. The van der Waals surface area contributed by atoms with Gasteiger partial charge in [0.05, 0.1) is 0 Å². The molecule has 0 aliphatic heterocycles. The Morgan fingerprint density at radius 1 is 1.00 bits per heavy atom. The van der Waals surface area contributed by atoms with Crippen LogP contribution in [0.25, 0.3) is 0 Å². The van der Waals surface area contributed by atoms with Crippen molar-refractivity contribution in [2.45, 2.75) is 20.3 Å². The summed E-state index contributed by atoms with van der Waals surface area (Å²) in [6, 6.07) is 13.8. The van der Waals surface area contributed by atoms with Crippen molar-refractivity contribution in [3.8, 4) is 0 Å². The summed E-state index contributed by atoms with van der Waals surface area (Å²) in [5.74, 6) is 0.152. The maximum Gasteiger partial charge on any atom is 0.167 e. The molecule has 0 aromatic heterocycles. The van der Waals surface area contributed by atoms with Crippen molar-refractivity contribution < 1.29 is 4.79 Å². The molecule has 0 saturated carbocycles. The summed E-state index contributed by atoms with van der Waals surface area (Å²) in [7, 11) is 0. The van der Waals surface area contributed by atoms with Crippen molar-refractivity contribution in [3.63, 3.8) is 0 Å². The van der Waals surface area contributed by atoms with Crippen LogP contribution in [0.1, 0.15) is 27.0 Å². The third-order valence-corrected chi connectivity index (χ3v) is 3.67. The molecular weight excluding hydrogens is 288 g/mol. The Balaban J connectivity index is 2.18. The predicted molar refractivity (Wildman–Crippen MR) is 78.1 cm³/mol. The molecule has 1 nitrogen and oxygen atoms in total. The Kier molecular flexibility index (Phi) is 3.97. The minimum absolute atomic E-state index is 0.152. The van der Waals surface area contributed by atoms with Crippen LogP contribution in [0.2, 0.25) is 0 Å². The van der Waals surface area contributed by atoms with E-state index < -0.39 is 0 Å². The zero-order chi connectivity index (χ0) is 13.1. The minimum atomic E-state index is 0.152. The van der Waals surface area contributed by atoms with Crippen molar-refractivity contribution in [2.75, 3.05) is 0 Å². The van der Waals surface area contributed by atoms with Gasteiger partial charge in [-0.3, -0.25) is 4.79 Å². The van der Waals surface area contributed by atoms with Gasteiger partial charge in [0.2, 0.25) is 0 Å². The number of hydrogen-bond acceptors (Lipinski definition) is 1. The number of benzene rings is 2. The van der Waals surface area contributed by atoms with Gasteiger partial charge < -0.3 is 0 Å². The first-order chi connectivity index (χ1) is 8.56. The van der Waals surface area contributed by atoms with Gasteiger partial charge in [-0.25, -0.2) is 0 Å². The second-order valence-electron chi connectivity index (χ2n) is 4.56. The van der Waals surface area contributed by atoms with E-state index in [-0.39, 0.29) is 5.78 Å². The van der Waals surface area contributed by atoms with Gasteiger partial charge in [0.25, 0.3) is 0 Å². The van der Waals surface area contributed by atoms with E-state index in [9.17, 15) is 4.79 Å². The van der Waals surface area contributed by atoms with Crippen molar-refractivity contribution in [2.24, 2.45) is 0 Å². The van der Waals surface area contributed by atoms with E-state index in [1.807, 2.05) is 56.3 Å². The number of rotatable bonds is 3. The van der Waals surface area contributed by atoms with Gasteiger partial charge in [0.1, 0.15) is 0 Å². The number of halogens is 1. The Labute approximate surface area is 116 Å². The second kappa shape index (κ2) is 5.49. The lowest BCUT2D eigenvalue weighted by molar-refractivity contribution is 0.0993. The van der Waals surface area contributed by atoms with Crippen LogP contribution in [-0.4, -0.2) is 5.78 Å². The molecule has 0 aliphatic carbocycles. The topological polar surface area (TPSA) is 17.1 Å². The first-order valence-electron chi connectivity index (χ1n) is 5.91. The zero-order valence-corrected chi connectivity index (χ0v) is 12.1. The zero-order valence-electron chi connectivity index (χ0n) is 10.5. The number of carbonyl (C=O) groups is 1. The highest BCUT2D eigenvalue weighted by atomic mass is 79.9. The highest BCUT2D eigenvalue weighted by Crippen LogP contribution is 2.20. The molecule has 0 spiro atoms. The highest BCUT2D eigenvalue weighted by molar-refractivity contribution is 9.10. The average molecular weight is 303 g/mol. The van der Waals surface area contributed by atoms with Crippen LogP contribution >= 0.6 is 15.9 Å². The third-order valence-electron chi connectivity index (χ3n) is 2.93. The first-order valence-corrected chi connectivity index (χ1v) is 6.70. The summed E-state index contributed by atoms with van der Waals surface area (Å²) in [5, 5.41) is 0. The average Bonchev–Trinajstić information content (AvgIpc) is 2.33. The smallest absolute Gasteiger partial charge is 0.167 e. The van der Waals surface area contributed by atoms with Gasteiger partial charge in [-0.1, -0.05) is 57.9 Å². The minimum Gasteiger partial charge on any atom is -0.294 e. The summed E-state index contributed by atoms with van der Waals surface area (Å²) in [6.07, 6.45) is 0.434. The molecule has 2 aromatic rings. The van der Waals surface area contributed by atoms with E-state index in [0.717, 1.165) is 15.6 Å². The van der Waals surface area contributed by atoms with Gasteiger partial charge in [-0.05, 0) is 31.0 Å². The molecule has 18 heavy (non-hydrogen) atoms. The molecule has 2 heteroatoms. The summed E-state index contributed by atoms with van der Waals surface area (Å²) < 4.78 is 1.00. The maximum atomic E-state index is 12.1. The SMILES string of the molecule is Cc1ccc(C(=O)Cc2ccc(C)cc2Br)cc1. The third kappa shape index (κ3) is 3.08. The molecule has 92 valence electrons. The van der Waals surface area contributed by atoms with E-state index in [2.05, 4.69) is 15.9 Å². The van der Waals surface area contributed by atoms with E-state index in [4.69, 9.17) is 0 Å². The molecule has 0 radical (unpaired) electrons. The van der Waals surface area contributed by atoms with Crippen LogP contribution in [-0.2, 0) is 6.42 Å². The molecule has 0 unspecified atom stereocenters. The van der Waals surface area contributed by atoms with Crippen LogP contribution in [0.5, 0.6) is 0 Å². The van der Waals surface area contributed by atoms with Crippen LogP contribution in [0.4, 0.5) is 0 Å². The fraction of sp³-hybridized carbons (Fsp3) is 0.188. The summed E-state index contributed by atoms with van der Waals surface area (Å²) in [6.45, 7) is 4.06. The lowest BCUT2D eigenvalue weighted by Gasteiger charge is -2.05. The van der Waals surface area contributed by atoms with Crippen LogP contribution < -0.4 is 0 Å². The molecule has 0 N–H and O–H groups in total. The van der Waals surface area contributed by atoms with Crippen LogP contribution in [0, 0.1) is 13.8 Å². The van der Waals surface area contributed by atoms with Crippen molar-refractivity contribution in [1.82, 2.24) is 0 Å². The largest absolute Gasteiger partial charge is 0.294 e. The predicted octanol–water partition coefficient (Wildman–Crippen LogP) is 4.49. The van der Waals surface area contributed by atoms with Crippen LogP contribution in [0.15, 0.2) is 46.9 Å². The highest BCUT2D eigenvalue weighted by Gasteiger charge is 2.09. The molecule has 0 heterocycles. The molecular formula is C16H15BrO. The standard InChI is InChI=1S/C16H15BrO/c1-11-3-6-13(7-4-11)16(18)10-14-8-5-12(2)9-15(14)17/h3-9H,10H2,1-2H3. The van der Waals surface area contributed by atoms with Crippen molar-refractivity contribution >= 4 is 21.7 Å². The normalized spacial score (nSPS) is 10.4. The van der Waals surface area contributed by atoms with Gasteiger partial charge in [-0.15, -0.1) is 0 Å². The van der Waals surface area contributed by atoms with Crippen LogP contribution in [0.3, 0.4) is 0 Å². The number of ketones is 1. The molecule has 0 fully saturated rings. The van der Waals surface area contributed by atoms with Crippen molar-refractivity contribution in [1.29, 1.82) is 0 Å². The van der Waals surface area contributed by atoms with Gasteiger partial charge in [-0.2, -0.15) is 0 Å². The number of hydrogen-bond donors (Lipinski definition) is 0. The number of aryl methyl sites for hydroxylation is 2. The monoisotopic (exact) mass is 302 g/mol. The molecule has 2 aromatic carbocycles. The van der Waals surface area contributed by atoms with Crippen molar-refractivity contribution in [3.05, 3.63) is 69.2 Å². The Bertz CT molecular complexity index is 570. The maximum absolute atomic E-state index is 12.1. The van der Waals surface area contributed by atoms with E-state index in [1.54, 1.807) is 0 Å². The molecule has 0 bridgehead atoms. The Morgan fingerprint density at radius 3 is 2.22 bits per heavy atom. The fourth-order valence-electron chi connectivity index (χ4n) is 1.81. The lowest BCUT2D eigenvalue weighted by atomic mass is 10.0. The fourth-order valence-corrected chi connectivity index (χ4v) is 2.44.